The van der Waals surface area contributed by atoms with Gasteiger partial charge in [0.05, 0.1) is 7.85 Å². The summed E-state index contributed by atoms with van der Waals surface area (Å²) in [6, 6.07) is 0. The van der Waals surface area contributed by atoms with Crippen LogP contribution in [0.5, 0.6) is 0 Å². The van der Waals surface area contributed by atoms with E-state index in [9.17, 15) is 0 Å². The van der Waals surface area contributed by atoms with Crippen molar-refractivity contribution in [2.24, 2.45) is 0 Å². The number of hydrogen-bond acceptors (Lipinski definition) is 0. The van der Waals surface area contributed by atoms with E-state index in [0.29, 0.717) is 8.75 Å². The van der Waals surface area contributed by atoms with Crippen LogP contribution in [-0.4, -0.2) is 20.5 Å². The van der Waals surface area contributed by atoms with Crippen molar-refractivity contribution in [2.45, 2.75) is 51.6 Å². The van der Waals surface area contributed by atoms with Crippen molar-refractivity contribution in [3.8, 4) is 0 Å². The standard InChI is InChI=1S/C9H16BBrI2/c1-2-3-7(12)4-5-9(13)8(11)6-10/h7-9H,2-6H2,1H3/t7?,8?,9-/m0/s1. The van der Waals surface area contributed by atoms with Crippen LogP contribution in [0.3, 0.4) is 0 Å². The van der Waals surface area contributed by atoms with Crippen molar-refractivity contribution < 1.29 is 0 Å². The highest BCUT2D eigenvalue weighted by Gasteiger charge is 2.14. The predicted octanol–water partition coefficient (Wildman–Crippen LogP) is 4.52. The Bertz CT molecular complexity index is 124. The maximum Gasteiger partial charge on any atom is 0.0668 e. The fourth-order valence-corrected chi connectivity index (χ4v) is 3.03. The van der Waals surface area contributed by atoms with E-state index in [1.165, 1.54) is 25.7 Å². The molecule has 0 heterocycles. The largest absolute Gasteiger partial charge is 0.0887 e. The van der Waals surface area contributed by atoms with E-state index in [1.807, 2.05) is 0 Å². The summed E-state index contributed by atoms with van der Waals surface area (Å²) in [5, 5.41) is 0. The van der Waals surface area contributed by atoms with Crippen molar-refractivity contribution in [3.63, 3.8) is 0 Å². The molecule has 0 rings (SSSR count). The molecule has 0 aromatic heterocycles. The minimum atomic E-state index is 0.485. The highest BCUT2D eigenvalue weighted by atomic mass is 127. The lowest BCUT2D eigenvalue weighted by atomic mass is 9.98. The van der Waals surface area contributed by atoms with Gasteiger partial charge in [0.2, 0.25) is 0 Å². The zero-order valence-corrected chi connectivity index (χ0v) is 13.9. The van der Waals surface area contributed by atoms with Crippen LogP contribution in [-0.2, 0) is 0 Å². The fourth-order valence-electron chi connectivity index (χ4n) is 1.13. The van der Waals surface area contributed by atoms with Gasteiger partial charge in [-0.3, -0.25) is 0 Å². The van der Waals surface area contributed by atoms with Gasteiger partial charge in [-0.25, -0.2) is 0 Å². The minimum Gasteiger partial charge on any atom is -0.0887 e. The highest BCUT2D eigenvalue weighted by Crippen LogP contribution is 2.25. The van der Waals surface area contributed by atoms with Crippen LogP contribution < -0.4 is 0 Å². The first-order valence-electron chi connectivity index (χ1n) is 4.74. The van der Waals surface area contributed by atoms with Gasteiger partial charge >= 0.3 is 0 Å². The smallest absolute Gasteiger partial charge is 0.0668 e. The Morgan fingerprint density at radius 1 is 1.23 bits per heavy atom. The van der Waals surface area contributed by atoms with Crippen LogP contribution in [0.1, 0.15) is 32.6 Å². The predicted molar refractivity (Wildman–Crippen MR) is 83.0 cm³/mol. The van der Waals surface area contributed by atoms with Crippen LogP contribution in [0.2, 0.25) is 6.32 Å². The van der Waals surface area contributed by atoms with E-state index in [0.717, 1.165) is 10.2 Å². The number of halogens is 3. The van der Waals surface area contributed by atoms with Gasteiger partial charge in [0.25, 0.3) is 0 Å². The summed E-state index contributed by atoms with van der Waals surface area (Å²) in [6.07, 6.45) is 5.99. The lowest BCUT2D eigenvalue weighted by Crippen LogP contribution is -2.14. The highest BCUT2D eigenvalue weighted by molar-refractivity contribution is 14.1. The van der Waals surface area contributed by atoms with E-state index in [1.54, 1.807) is 0 Å². The van der Waals surface area contributed by atoms with Gasteiger partial charge in [0.1, 0.15) is 0 Å². The molecule has 0 spiro atoms. The third-order valence-corrected chi connectivity index (χ3v) is 6.71. The van der Waals surface area contributed by atoms with E-state index in [-0.39, 0.29) is 0 Å². The molecular formula is C9H16BBrI2. The van der Waals surface area contributed by atoms with Crippen LogP contribution in [0.25, 0.3) is 0 Å². The fraction of sp³-hybridized carbons (Fsp3) is 1.00. The zero-order chi connectivity index (χ0) is 10.3. The molecular weight excluding hydrogens is 453 g/mol. The first-order chi connectivity index (χ1) is 6.11. The lowest BCUT2D eigenvalue weighted by Gasteiger charge is -2.16. The molecule has 0 fully saturated rings. The van der Waals surface area contributed by atoms with Crippen molar-refractivity contribution in [3.05, 3.63) is 0 Å². The molecule has 0 N–H and O–H groups in total. The molecule has 0 aromatic carbocycles. The molecule has 4 heteroatoms. The SMILES string of the molecule is [B]CC(Br)[C@@H](I)CCC(I)CCC. The van der Waals surface area contributed by atoms with Gasteiger partial charge < -0.3 is 0 Å². The molecule has 0 saturated heterocycles. The summed E-state index contributed by atoms with van der Waals surface area (Å²) in [6.45, 7) is 2.25. The summed E-state index contributed by atoms with van der Waals surface area (Å²) in [5.74, 6) is 0. The molecule has 0 aliphatic heterocycles. The van der Waals surface area contributed by atoms with Crippen LogP contribution in [0.4, 0.5) is 0 Å². The van der Waals surface area contributed by atoms with Crippen LogP contribution >= 0.6 is 61.1 Å². The Hall–Kier alpha value is 2.00. The average molecular weight is 469 g/mol. The van der Waals surface area contributed by atoms with Gasteiger partial charge in [-0.2, -0.15) is 0 Å². The van der Waals surface area contributed by atoms with Gasteiger partial charge in [0.15, 0.2) is 0 Å². The Kier molecular flexibility index (Phi) is 10.7. The Balaban J connectivity index is 3.50. The molecule has 0 aliphatic carbocycles. The molecule has 0 nitrogen and oxygen atoms in total. The molecule has 0 amide bonds. The second kappa shape index (κ2) is 9.25. The molecule has 3 atom stereocenters. The van der Waals surface area contributed by atoms with Gasteiger partial charge in [-0.15, -0.1) is 0 Å². The molecule has 0 bridgehead atoms. The maximum atomic E-state index is 5.58. The monoisotopic (exact) mass is 468 g/mol. The first kappa shape index (κ1) is 15.0. The summed E-state index contributed by atoms with van der Waals surface area (Å²) in [7, 11) is 5.58. The first-order valence-corrected chi connectivity index (χ1v) is 8.14. The third kappa shape index (κ3) is 7.88. The van der Waals surface area contributed by atoms with Gasteiger partial charge in [-0.1, -0.05) is 80.8 Å². The quantitative estimate of drug-likeness (QED) is 0.293. The van der Waals surface area contributed by atoms with Crippen molar-refractivity contribution in [1.29, 1.82) is 0 Å². The summed E-state index contributed by atoms with van der Waals surface area (Å²) >= 11 is 8.66. The second-order valence-corrected chi connectivity index (χ2v) is 7.77. The van der Waals surface area contributed by atoms with Crippen molar-refractivity contribution >= 4 is 69.0 Å². The summed E-state index contributed by atoms with van der Waals surface area (Å²) < 4.78 is 1.52. The van der Waals surface area contributed by atoms with Gasteiger partial charge in [0, 0.05) is 12.7 Å². The topological polar surface area (TPSA) is 0 Å². The number of alkyl halides is 3. The Labute approximate surface area is 119 Å². The zero-order valence-electron chi connectivity index (χ0n) is 7.98. The molecule has 0 saturated carbocycles. The van der Waals surface area contributed by atoms with Crippen LogP contribution in [0.15, 0.2) is 0 Å². The lowest BCUT2D eigenvalue weighted by molar-refractivity contribution is 0.654. The van der Waals surface area contributed by atoms with E-state index < -0.39 is 0 Å². The molecule has 2 radical (unpaired) electrons. The van der Waals surface area contributed by atoms with E-state index in [2.05, 4.69) is 68.0 Å². The molecule has 13 heavy (non-hydrogen) atoms. The van der Waals surface area contributed by atoms with Crippen molar-refractivity contribution in [1.82, 2.24) is 0 Å². The number of hydrogen-bond donors (Lipinski definition) is 0. The Morgan fingerprint density at radius 3 is 2.31 bits per heavy atom. The molecule has 76 valence electrons. The minimum absolute atomic E-state index is 0.485. The molecule has 0 aliphatic rings. The van der Waals surface area contributed by atoms with E-state index in [4.69, 9.17) is 7.85 Å². The summed E-state index contributed by atoms with van der Waals surface area (Å²) in [5.41, 5.74) is 0. The molecule has 0 aromatic rings. The second-order valence-electron chi connectivity index (χ2n) is 3.23. The summed E-state index contributed by atoms with van der Waals surface area (Å²) in [4.78, 5) is 0.485. The third-order valence-electron chi connectivity index (χ3n) is 1.98. The van der Waals surface area contributed by atoms with E-state index >= 15 is 0 Å². The normalized spacial score (nSPS) is 18.2. The maximum absolute atomic E-state index is 5.58. The van der Waals surface area contributed by atoms with Gasteiger partial charge in [-0.05, 0) is 19.3 Å². The Morgan fingerprint density at radius 2 is 1.85 bits per heavy atom. The molecule has 2 unspecified atom stereocenters. The average Bonchev–Trinajstić information content (AvgIpc) is 2.13. The van der Waals surface area contributed by atoms with Crippen LogP contribution in [0, 0.1) is 0 Å². The number of rotatable bonds is 7. The van der Waals surface area contributed by atoms with Crippen molar-refractivity contribution in [2.75, 3.05) is 0 Å².